The van der Waals surface area contributed by atoms with Crippen LogP contribution in [0, 0.1) is 34.5 Å². The van der Waals surface area contributed by atoms with Crippen LogP contribution < -0.4 is 0 Å². The Hall–Kier alpha value is -2.24. The van der Waals surface area contributed by atoms with Crippen LogP contribution in [0.5, 0.6) is 0 Å². The zero-order chi connectivity index (χ0) is 25.3. The van der Waals surface area contributed by atoms with Crippen molar-refractivity contribution in [1.29, 1.82) is 0 Å². The van der Waals surface area contributed by atoms with Crippen molar-refractivity contribution in [3.8, 4) is 0 Å². The van der Waals surface area contributed by atoms with Gasteiger partial charge in [-0.2, -0.15) is 0 Å². The molecule has 3 fully saturated rings. The van der Waals surface area contributed by atoms with E-state index in [1.807, 2.05) is 42.5 Å². The Morgan fingerprint density at radius 3 is 2.72 bits per heavy atom. The summed E-state index contributed by atoms with van der Waals surface area (Å²) in [6.45, 7) is 6.73. The van der Waals surface area contributed by atoms with Gasteiger partial charge in [0, 0.05) is 16.2 Å². The van der Waals surface area contributed by atoms with E-state index in [1.54, 1.807) is 6.08 Å². The van der Waals surface area contributed by atoms with Gasteiger partial charge in [0.2, 0.25) is 0 Å². The van der Waals surface area contributed by atoms with E-state index in [9.17, 15) is 14.7 Å². The summed E-state index contributed by atoms with van der Waals surface area (Å²) in [6, 6.07) is 12.0. The number of hydrogen-bond donors (Lipinski definition) is 1. The Morgan fingerprint density at radius 2 is 1.89 bits per heavy atom. The number of allylic oxidation sites excluding steroid dienone is 4. The zero-order valence-electron chi connectivity index (χ0n) is 21.4. The number of fused-ring (bicyclic) bond motifs is 6. The number of Topliss-reactive ketones (excluding diaryl/α,β-unsaturated/α-hetero) is 1. The van der Waals surface area contributed by atoms with E-state index in [-0.39, 0.29) is 22.7 Å². The highest BCUT2D eigenvalue weighted by Crippen LogP contribution is 2.67. The fraction of sp³-hybridized carbons (Fsp3) is 0.516. The minimum absolute atomic E-state index is 0.0512. The summed E-state index contributed by atoms with van der Waals surface area (Å²) in [5.41, 5.74) is 0.411. The molecule has 3 saturated carbocycles. The molecular weight excluding hydrogens is 466 g/mol. The average molecular weight is 502 g/mol. The molecule has 36 heavy (non-hydrogen) atoms. The number of hydrogen-bond acceptors (Lipinski definition) is 5. The Bertz CT molecular complexity index is 1320. The second-order valence-corrected chi connectivity index (χ2v) is 13.0. The molecule has 0 bridgehead atoms. The van der Waals surface area contributed by atoms with Crippen LogP contribution in [0.2, 0.25) is 0 Å². The van der Waals surface area contributed by atoms with Crippen molar-refractivity contribution < 1.29 is 14.7 Å². The number of thioether (sulfide) groups is 1. The molecule has 188 valence electrons. The topological polar surface area (TPSA) is 67.3 Å². The lowest BCUT2D eigenvalue weighted by Crippen LogP contribution is -2.58. The predicted octanol–water partition coefficient (Wildman–Crippen LogP) is 6.18. The van der Waals surface area contributed by atoms with E-state index in [1.165, 1.54) is 17.3 Å². The molecule has 0 spiro atoms. The first-order valence-corrected chi connectivity index (χ1v) is 14.3. The van der Waals surface area contributed by atoms with Gasteiger partial charge in [-0.3, -0.25) is 9.59 Å². The number of benzene rings is 1. The van der Waals surface area contributed by atoms with E-state index >= 15 is 0 Å². The van der Waals surface area contributed by atoms with Crippen molar-refractivity contribution in [3.63, 3.8) is 0 Å². The van der Waals surface area contributed by atoms with Crippen molar-refractivity contribution >= 4 is 34.2 Å². The third-order valence-corrected chi connectivity index (χ3v) is 11.3. The standard InChI is InChI=1S/C31H35NO3S/c1-19-16-22-23(29(2)13-10-21(33)17-25(19)29)11-14-30(3)24(22)12-15-31(30,35)27(34)18-36-28-9-8-20-6-4-5-7-26(20)32-28/h4-10,13,17,19,22-24,35H,11-12,14-16,18H2,1-3H3/t19-,22?,23?,24?,29?,30?,31-/m0/s1. The van der Waals surface area contributed by atoms with Crippen LogP contribution in [-0.2, 0) is 9.59 Å². The van der Waals surface area contributed by atoms with Crippen LogP contribution in [0.4, 0.5) is 0 Å². The molecule has 7 atom stereocenters. The molecule has 0 amide bonds. The molecule has 4 nitrogen and oxygen atoms in total. The van der Waals surface area contributed by atoms with Crippen LogP contribution in [0.1, 0.15) is 52.9 Å². The van der Waals surface area contributed by atoms with Gasteiger partial charge in [0.05, 0.1) is 16.3 Å². The van der Waals surface area contributed by atoms with Crippen LogP contribution in [0.3, 0.4) is 0 Å². The number of pyridine rings is 1. The molecule has 0 radical (unpaired) electrons. The lowest BCUT2D eigenvalue weighted by Gasteiger charge is -2.59. The van der Waals surface area contributed by atoms with Gasteiger partial charge in [-0.15, -0.1) is 0 Å². The summed E-state index contributed by atoms with van der Waals surface area (Å²) in [7, 11) is 0. The second-order valence-electron chi connectivity index (χ2n) is 12.0. The molecule has 1 aromatic heterocycles. The molecule has 5 heteroatoms. The largest absolute Gasteiger partial charge is 0.381 e. The number of carbonyl (C=O) groups excluding carboxylic acids is 2. The van der Waals surface area contributed by atoms with Gasteiger partial charge in [-0.05, 0) is 80.1 Å². The summed E-state index contributed by atoms with van der Waals surface area (Å²) in [5.74, 6) is 1.86. The number of ketones is 2. The van der Waals surface area contributed by atoms with Gasteiger partial charge < -0.3 is 5.11 Å². The maximum atomic E-state index is 13.7. The normalized spacial score (nSPS) is 39.3. The average Bonchev–Trinajstić information content (AvgIpc) is 3.15. The predicted molar refractivity (Wildman–Crippen MR) is 144 cm³/mol. The third-order valence-electron chi connectivity index (χ3n) is 10.4. The smallest absolute Gasteiger partial charge is 0.178 e. The first-order chi connectivity index (χ1) is 17.2. The molecule has 4 aliphatic carbocycles. The molecule has 1 aromatic carbocycles. The first kappa shape index (κ1) is 24.1. The van der Waals surface area contributed by atoms with Crippen LogP contribution >= 0.6 is 11.8 Å². The Morgan fingerprint density at radius 1 is 1.11 bits per heavy atom. The monoisotopic (exact) mass is 501 g/mol. The van der Waals surface area contributed by atoms with E-state index in [0.29, 0.717) is 30.1 Å². The number of rotatable bonds is 4. The quantitative estimate of drug-likeness (QED) is 0.507. The number of aromatic nitrogens is 1. The summed E-state index contributed by atoms with van der Waals surface area (Å²) < 4.78 is 0. The lowest BCUT2D eigenvalue weighted by molar-refractivity contribution is -0.158. The highest BCUT2D eigenvalue weighted by Gasteiger charge is 2.66. The summed E-state index contributed by atoms with van der Waals surface area (Å²) >= 11 is 1.44. The Kier molecular flexibility index (Phi) is 5.62. The molecule has 5 unspecified atom stereocenters. The number of aliphatic hydroxyl groups is 1. The van der Waals surface area contributed by atoms with Crippen molar-refractivity contribution in [2.45, 2.75) is 63.5 Å². The maximum absolute atomic E-state index is 13.7. The molecule has 0 saturated heterocycles. The highest BCUT2D eigenvalue weighted by molar-refractivity contribution is 7.99. The Labute approximate surface area is 217 Å². The van der Waals surface area contributed by atoms with Crippen molar-refractivity contribution in [2.24, 2.45) is 34.5 Å². The van der Waals surface area contributed by atoms with Crippen molar-refractivity contribution in [3.05, 3.63) is 60.2 Å². The van der Waals surface area contributed by atoms with Gasteiger partial charge in [0.1, 0.15) is 5.60 Å². The van der Waals surface area contributed by atoms with E-state index in [4.69, 9.17) is 4.98 Å². The molecule has 6 rings (SSSR count). The van der Waals surface area contributed by atoms with Gasteiger partial charge in [0.15, 0.2) is 11.6 Å². The third kappa shape index (κ3) is 3.42. The van der Waals surface area contributed by atoms with Crippen molar-refractivity contribution in [1.82, 2.24) is 4.98 Å². The molecular formula is C31H35NO3S. The van der Waals surface area contributed by atoms with Crippen LogP contribution in [0.25, 0.3) is 10.9 Å². The van der Waals surface area contributed by atoms with E-state index < -0.39 is 11.0 Å². The summed E-state index contributed by atoms with van der Waals surface area (Å²) in [6.07, 6.45) is 10.1. The maximum Gasteiger partial charge on any atom is 0.178 e. The van der Waals surface area contributed by atoms with Gasteiger partial charge in [-0.25, -0.2) is 4.98 Å². The number of nitrogens with zero attached hydrogens (tertiary/aromatic N) is 1. The van der Waals surface area contributed by atoms with Gasteiger partial charge in [0.25, 0.3) is 0 Å². The zero-order valence-corrected chi connectivity index (χ0v) is 22.2. The molecule has 4 aliphatic rings. The fourth-order valence-corrected chi connectivity index (χ4v) is 9.32. The SMILES string of the molecule is C[C@H]1CC2C(CCC3(C)C2CC[C@]3(O)C(=O)CSc2ccc3ccccc3n2)C2(C)C=CC(=O)C=C12. The Balaban J connectivity index is 1.23. The van der Waals surface area contributed by atoms with Gasteiger partial charge in [-0.1, -0.05) is 68.4 Å². The first-order valence-electron chi connectivity index (χ1n) is 13.4. The fourth-order valence-electron chi connectivity index (χ4n) is 8.48. The highest BCUT2D eigenvalue weighted by atomic mass is 32.2. The van der Waals surface area contributed by atoms with Gasteiger partial charge >= 0.3 is 0 Å². The number of para-hydroxylation sites is 1. The molecule has 1 heterocycles. The van der Waals surface area contributed by atoms with Crippen LogP contribution in [0.15, 0.2) is 65.2 Å². The molecule has 2 aromatic rings. The van der Waals surface area contributed by atoms with E-state index in [2.05, 4.69) is 26.8 Å². The summed E-state index contributed by atoms with van der Waals surface area (Å²) in [4.78, 5) is 30.5. The molecule has 1 N–H and O–H groups in total. The summed E-state index contributed by atoms with van der Waals surface area (Å²) in [5, 5.41) is 13.9. The van der Waals surface area contributed by atoms with Crippen molar-refractivity contribution in [2.75, 3.05) is 5.75 Å². The minimum atomic E-state index is -1.29. The second kappa shape index (κ2) is 8.39. The lowest BCUT2D eigenvalue weighted by atomic mass is 9.45. The minimum Gasteiger partial charge on any atom is -0.381 e. The van der Waals surface area contributed by atoms with Crippen LogP contribution in [-0.4, -0.2) is 33.0 Å². The number of carbonyl (C=O) groups is 2. The van der Waals surface area contributed by atoms with E-state index in [0.717, 1.165) is 41.6 Å². The molecule has 0 aliphatic heterocycles.